The summed E-state index contributed by atoms with van der Waals surface area (Å²) in [7, 11) is 0. The Morgan fingerprint density at radius 1 is 1.42 bits per heavy atom. The summed E-state index contributed by atoms with van der Waals surface area (Å²) in [4.78, 5) is 4.51. The van der Waals surface area contributed by atoms with Crippen LogP contribution in [-0.2, 0) is 6.42 Å². The van der Waals surface area contributed by atoms with Gasteiger partial charge >= 0.3 is 0 Å². The van der Waals surface area contributed by atoms with Gasteiger partial charge in [0.15, 0.2) is 5.96 Å². The highest BCUT2D eigenvalue weighted by Crippen LogP contribution is 2.51. The quantitative estimate of drug-likeness (QED) is 0.629. The minimum absolute atomic E-state index is 0.414. The van der Waals surface area contributed by atoms with Gasteiger partial charge in [-0.25, -0.2) is 0 Å². The van der Waals surface area contributed by atoms with Crippen molar-refractivity contribution in [1.29, 1.82) is 0 Å². The van der Waals surface area contributed by atoms with Gasteiger partial charge in [-0.05, 0) is 48.3 Å². The lowest BCUT2D eigenvalue weighted by Crippen LogP contribution is -2.25. The fourth-order valence-corrected chi connectivity index (χ4v) is 2.38. The van der Waals surface area contributed by atoms with E-state index in [4.69, 9.17) is 5.73 Å². The lowest BCUT2D eigenvalue weighted by Gasteiger charge is -2.17. The van der Waals surface area contributed by atoms with Gasteiger partial charge in [0, 0.05) is 12.2 Å². The molecule has 1 aliphatic carbocycles. The number of aryl methyl sites for hydroxylation is 1. The zero-order valence-electron chi connectivity index (χ0n) is 12.2. The average Bonchev–Trinajstić information content (AvgIpc) is 3.18. The van der Waals surface area contributed by atoms with E-state index in [1.165, 1.54) is 18.4 Å². The molecular weight excluding hydrogens is 234 g/mol. The third-order valence-corrected chi connectivity index (χ3v) is 4.29. The van der Waals surface area contributed by atoms with Crippen LogP contribution >= 0.6 is 0 Å². The van der Waals surface area contributed by atoms with Gasteiger partial charge in [0.1, 0.15) is 0 Å². The van der Waals surface area contributed by atoms with E-state index in [-0.39, 0.29) is 0 Å². The zero-order chi connectivity index (χ0) is 13.9. The molecule has 1 fully saturated rings. The first kappa shape index (κ1) is 13.9. The molecule has 3 heteroatoms. The largest absolute Gasteiger partial charge is 0.370 e. The molecule has 1 aromatic rings. The van der Waals surface area contributed by atoms with E-state index in [2.05, 4.69) is 43.2 Å². The molecule has 1 saturated carbocycles. The van der Waals surface area contributed by atoms with E-state index in [1.807, 2.05) is 12.1 Å². The smallest absolute Gasteiger partial charge is 0.193 e. The van der Waals surface area contributed by atoms with Gasteiger partial charge in [0.2, 0.25) is 0 Å². The summed E-state index contributed by atoms with van der Waals surface area (Å²) in [6.45, 7) is 7.54. The van der Waals surface area contributed by atoms with Crippen molar-refractivity contribution in [3.63, 3.8) is 0 Å². The molecule has 1 aliphatic rings. The third-order valence-electron chi connectivity index (χ3n) is 4.29. The SMILES string of the molecule is CCc1cccc(NC(N)=NCC2(C(C)C)CC2)c1. The summed E-state index contributed by atoms with van der Waals surface area (Å²) in [5.74, 6) is 1.22. The van der Waals surface area contributed by atoms with Crippen LogP contribution in [-0.4, -0.2) is 12.5 Å². The normalized spacial score (nSPS) is 17.6. The molecule has 104 valence electrons. The third kappa shape index (κ3) is 3.49. The molecule has 3 nitrogen and oxygen atoms in total. The summed E-state index contributed by atoms with van der Waals surface area (Å²) in [6.07, 6.45) is 3.60. The van der Waals surface area contributed by atoms with Crippen LogP contribution in [0.15, 0.2) is 29.3 Å². The number of aliphatic imine (C=N–C) groups is 1. The fraction of sp³-hybridized carbons (Fsp3) is 0.562. The molecule has 0 spiro atoms. The van der Waals surface area contributed by atoms with E-state index in [0.29, 0.717) is 17.3 Å². The molecule has 0 aromatic heterocycles. The molecule has 0 aliphatic heterocycles. The number of guanidine groups is 1. The van der Waals surface area contributed by atoms with Crippen molar-refractivity contribution in [2.75, 3.05) is 11.9 Å². The second-order valence-corrected chi connectivity index (χ2v) is 5.90. The van der Waals surface area contributed by atoms with Gasteiger partial charge in [0.25, 0.3) is 0 Å². The van der Waals surface area contributed by atoms with Crippen LogP contribution < -0.4 is 11.1 Å². The van der Waals surface area contributed by atoms with Crippen molar-refractivity contribution in [2.24, 2.45) is 22.1 Å². The van der Waals surface area contributed by atoms with Crippen LogP contribution in [0.3, 0.4) is 0 Å². The molecule has 0 amide bonds. The Balaban J connectivity index is 1.95. The highest BCUT2D eigenvalue weighted by molar-refractivity contribution is 5.92. The van der Waals surface area contributed by atoms with E-state index in [9.17, 15) is 0 Å². The maximum atomic E-state index is 5.97. The summed E-state index contributed by atoms with van der Waals surface area (Å²) in [5, 5.41) is 3.18. The summed E-state index contributed by atoms with van der Waals surface area (Å²) in [5.41, 5.74) is 8.71. The Labute approximate surface area is 116 Å². The number of hydrogen-bond acceptors (Lipinski definition) is 1. The average molecular weight is 259 g/mol. The van der Waals surface area contributed by atoms with Crippen molar-refractivity contribution < 1.29 is 0 Å². The highest BCUT2D eigenvalue weighted by atomic mass is 15.1. The molecule has 3 N–H and O–H groups in total. The number of nitrogens with two attached hydrogens (primary N) is 1. The molecular formula is C16H25N3. The van der Waals surface area contributed by atoms with Crippen LogP contribution in [0.5, 0.6) is 0 Å². The summed E-state index contributed by atoms with van der Waals surface area (Å²) >= 11 is 0. The minimum Gasteiger partial charge on any atom is -0.370 e. The van der Waals surface area contributed by atoms with E-state index in [0.717, 1.165) is 18.7 Å². The Kier molecular flexibility index (Phi) is 4.13. The molecule has 0 bridgehead atoms. The first-order valence-corrected chi connectivity index (χ1v) is 7.21. The number of hydrogen-bond donors (Lipinski definition) is 2. The minimum atomic E-state index is 0.414. The van der Waals surface area contributed by atoms with Crippen molar-refractivity contribution in [3.05, 3.63) is 29.8 Å². The number of nitrogens with one attached hydrogen (secondary N) is 1. The second-order valence-electron chi connectivity index (χ2n) is 5.90. The van der Waals surface area contributed by atoms with Crippen molar-refractivity contribution >= 4 is 11.6 Å². The molecule has 19 heavy (non-hydrogen) atoms. The van der Waals surface area contributed by atoms with Crippen LogP contribution in [0.25, 0.3) is 0 Å². The lowest BCUT2D eigenvalue weighted by molar-refractivity contribution is 0.371. The van der Waals surface area contributed by atoms with Gasteiger partial charge in [0.05, 0.1) is 0 Å². The maximum absolute atomic E-state index is 5.97. The van der Waals surface area contributed by atoms with Crippen molar-refractivity contribution in [2.45, 2.75) is 40.0 Å². The molecule has 0 radical (unpaired) electrons. The first-order chi connectivity index (χ1) is 9.05. The van der Waals surface area contributed by atoms with Crippen LogP contribution in [0.2, 0.25) is 0 Å². The summed E-state index contributed by atoms with van der Waals surface area (Å²) < 4.78 is 0. The molecule has 0 unspecified atom stereocenters. The fourth-order valence-electron chi connectivity index (χ4n) is 2.38. The predicted molar refractivity (Wildman–Crippen MR) is 82.4 cm³/mol. The van der Waals surface area contributed by atoms with Crippen LogP contribution in [0, 0.1) is 11.3 Å². The molecule has 0 heterocycles. The van der Waals surface area contributed by atoms with E-state index in [1.54, 1.807) is 0 Å². The Bertz CT molecular complexity index is 459. The Hall–Kier alpha value is -1.51. The van der Waals surface area contributed by atoms with E-state index < -0.39 is 0 Å². The van der Waals surface area contributed by atoms with Crippen LogP contribution in [0.1, 0.15) is 39.2 Å². The number of nitrogens with zero attached hydrogens (tertiary/aromatic N) is 1. The van der Waals surface area contributed by atoms with Crippen LogP contribution in [0.4, 0.5) is 5.69 Å². The molecule has 0 saturated heterocycles. The van der Waals surface area contributed by atoms with Gasteiger partial charge < -0.3 is 11.1 Å². The van der Waals surface area contributed by atoms with Crippen molar-refractivity contribution in [1.82, 2.24) is 0 Å². The topological polar surface area (TPSA) is 50.4 Å². The molecule has 0 atom stereocenters. The van der Waals surface area contributed by atoms with Gasteiger partial charge in [-0.2, -0.15) is 0 Å². The van der Waals surface area contributed by atoms with E-state index >= 15 is 0 Å². The predicted octanol–water partition coefficient (Wildman–Crippen LogP) is 3.41. The Morgan fingerprint density at radius 3 is 2.74 bits per heavy atom. The number of anilines is 1. The Morgan fingerprint density at radius 2 is 2.16 bits per heavy atom. The molecule has 1 aromatic carbocycles. The second kappa shape index (κ2) is 5.64. The number of rotatable bonds is 5. The van der Waals surface area contributed by atoms with Gasteiger partial charge in [-0.15, -0.1) is 0 Å². The lowest BCUT2D eigenvalue weighted by atomic mass is 9.93. The van der Waals surface area contributed by atoms with Crippen molar-refractivity contribution in [3.8, 4) is 0 Å². The monoisotopic (exact) mass is 259 g/mol. The number of benzene rings is 1. The van der Waals surface area contributed by atoms with Gasteiger partial charge in [-0.3, -0.25) is 4.99 Å². The van der Waals surface area contributed by atoms with Gasteiger partial charge in [-0.1, -0.05) is 32.9 Å². The standard InChI is InChI=1S/C16H25N3/c1-4-13-6-5-7-14(10-13)19-15(17)18-11-16(8-9-16)12(2)3/h5-7,10,12H,4,8-9,11H2,1-3H3,(H3,17,18,19). The summed E-state index contributed by atoms with van der Waals surface area (Å²) in [6, 6.07) is 8.32. The molecule has 2 rings (SSSR count). The first-order valence-electron chi connectivity index (χ1n) is 7.21. The zero-order valence-corrected chi connectivity index (χ0v) is 12.2. The maximum Gasteiger partial charge on any atom is 0.193 e. The highest BCUT2D eigenvalue weighted by Gasteiger charge is 2.45.